The summed E-state index contributed by atoms with van der Waals surface area (Å²) in [6.45, 7) is 1.50. The molecule has 0 aliphatic carbocycles. The minimum Gasteiger partial charge on any atom is -0.317 e. The van der Waals surface area contributed by atoms with Crippen molar-refractivity contribution in [2.45, 2.75) is 18.1 Å². The van der Waals surface area contributed by atoms with Crippen molar-refractivity contribution in [3.63, 3.8) is 0 Å². The molecule has 0 atom stereocenters. The maximum absolute atomic E-state index is 12.1. The van der Waals surface area contributed by atoms with Crippen LogP contribution in [0.2, 0.25) is 0 Å². The van der Waals surface area contributed by atoms with E-state index in [1.165, 1.54) is 6.20 Å². The van der Waals surface area contributed by atoms with Crippen LogP contribution >= 0.6 is 15.9 Å². The molecule has 0 unspecified atom stereocenters. The van der Waals surface area contributed by atoms with Crippen LogP contribution in [0.4, 0.5) is 5.69 Å². The van der Waals surface area contributed by atoms with Gasteiger partial charge in [-0.1, -0.05) is 0 Å². The Balaban J connectivity index is 2.11. The molecule has 2 heterocycles. The fourth-order valence-corrected chi connectivity index (χ4v) is 3.65. The summed E-state index contributed by atoms with van der Waals surface area (Å²) in [6, 6.07) is 1.70. The molecule has 1 saturated heterocycles. The molecule has 0 amide bonds. The first-order valence-corrected chi connectivity index (χ1v) is 7.75. The molecule has 1 aromatic heterocycles. The van der Waals surface area contributed by atoms with Crippen molar-refractivity contribution < 1.29 is 8.42 Å². The maximum atomic E-state index is 12.1. The van der Waals surface area contributed by atoms with E-state index in [0.29, 0.717) is 18.5 Å². The maximum Gasteiger partial charge on any atom is 0.235 e. The number of aromatic nitrogens is 1. The summed E-state index contributed by atoms with van der Waals surface area (Å²) in [5, 5.41) is 2.83. The first-order chi connectivity index (χ1) is 8.08. The number of hydrogen-bond donors (Lipinski definition) is 2. The first-order valence-electron chi connectivity index (χ1n) is 5.41. The Morgan fingerprint density at radius 1 is 1.35 bits per heavy atom. The zero-order valence-electron chi connectivity index (χ0n) is 9.19. The molecular weight excluding hydrogens is 306 g/mol. The standard InChI is InChI=1S/C10H14BrN3O2S/c11-8-5-9(7-13-6-8)14-17(15,16)10-1-3-12-4-2-10/h5-7,10,12,14H,1-4H2. The van der Waals surface area contributed by atoms with E-state index >= 15 is 0 Å². The van der Waals surface area contributed by atoms with E-state index in [1.807, 2.05) is 0 Å². The van der Waals surface area contributed by atoms with Gasteiger partial charge in [0.1, 0.15) is 0 Å². The summed E-state index contributed by atoms with van der Waals surface area (Å²) >= 11 is 3.26. The van der Waals surface area contributed by atoms with Gasteiger partial charge < -0.3 is 5.32 Å². The van der Waals surface area contributed by atoms with Gasteiger partial charge >= 0.3 is 0 Å². The number of pyridine rings is 1. The smallest absolute Gasteiger partial charge is 0.235 e. The fourth-order valence-electron chi connectivity index (χ4n) is 1.82. The van der Waals surface area contributed by atoms with Crippen LogP contribution in [-0.4, -0.2) is 31.7 Å². The highest BCUT2D eigenvalue weighted by atomic mass is 79.9. The average Bonchev–Trinajstić information content (AvgIpc) is 2.29. The highest BCUT2D eigenvalue weighted by Crippen LogP contribution is 2.19. The molecule has 0 radical (unpaired) electrons. The van der Waals surface area contributed by atoms with Crippen molar-refractivity contribution >= 4 is 31.6 Å². The molecule has 1 fully saturated rings. The van der Waals surface area contributed by atoms with Gasteiger partial charge in [-0.3, -0.25) is 9.71 Å². The van der Waals surface area contributed by atoms with Gasteiger partial charge in [0.2, 0.25) is 10.0 Å². The molecular formula is C10H14BrN3O2S. The zero-order valence-corrected chi connectivity index (χ0v) is 11.6. The van der Waals surface area contributed by atoms with Crippen LogP contribution in [-0.2, 0) is 10.0 Å². The molecule has 0 spiro atoms. The van der Waals surface area contributed by atoms with Crippen molar-refractivity contribution in [2.24, 2.45) is 0 Å². The third-order valence-corrected chi connectivity index (χ3v) is 4.99. The highest BCUT2D eigenvalue weighted by Gasteiger charge is 2.27. The molecule has 0 aromatic carbocycles. The van der Waals surface area contributed by atoms with Crippen LogP contribution in [0.3, 0.4) is 0 Å². The number of halogens is 1. The number of rotatable bonds is 3. The Labute approximate surface area is 109 Å². The van der Waals surface area contributed by atoms with Crippen LogP contribution in [0.25, 0.3) is 0 Å². The van der Waals surface area contributed by atoms with Gasteiger partial charge in [-0.05, 0) is 47.9 Å². The summed E-state index contributed by atoms with van der Waals surface area (Å²) in [5.41, 5.74) is 0.498. The number of nitrogens with zero attached hydrogens (tertiary/aromatic N) is 1. The molecule has 2 N–H and O–H groups in total. The van der Waals surface area contributed by atoms with Crippen LogP contribution in [0.1, 0.15) is 12.8 Å². The number of sulfonamides is 1. The second kappa shape index (κ2) is 5.32. The zero-order chi connectivity index (χ0) is 12.3. The van der Waals surface area contributed by atoms with Crippen molar-refractivity contribution in [3.8, 4) is 0 Å². The van der Waals surface area contributed by atoms with Gasteiger partial charge in [0, 0.05) is 10.7 Å². The number of nitrogens with one attached hydrogen (secondary N) is 2. The Morgan fingerprint density at radius 3 is 2.71 bits per heavy atom. The Morgan fingerprint density at radius 2 is 2.06 bits per heavy atom. The summed E-state index contributed by atoms with van der Waals surface area (Å²) in [4.78, 5) is 3.93. The van der Waals surface area contributed by atoms with E-state index in [0.717, 1.165) is 17.6 Å². The molecule has 0 bridgehead atoms. The number of hydrogen-bond acceptors (Lipinski definition) is 4. The van der Waals surface area contributed by atoms with Gasteiger partial charge in [0.15, 0.2) is 0 Å². The van der Waals surface area contributed by atoms with Crippen LogP contribution < -0.4 is 10.0 Å². The second-order valence-electron chi connectivity index (χ2n) is 3.99. The minimum absolute atomic E-state index is 0.317. The summed E-state index contributed by atoms with van der Waals surface area (Å²) in [6.07, 6.45) is 4.42. The van der Waals surface area contributed by atoms with Crippen molar-refractivity contribution in [1.82, 2.24) is 10.3 Å². The summed E-state index contributed by atoms with van der Waals surface area (Å²) in [7, 11) is -3.30. The lowest BCUT2D eigenvalue weighted by Crippen LogP contribution is -2.38. The van der Waals surface area contributed by atoms with Crippen molar-refractivity contribution in [2.75, 3.05) is 17.8 Å². The molecule has 94 valence electrons. The average molecular weight is 320 g/mol. The van der Waals surface area contributed by atoms with Gasteiger partial charge in [-0.2, -0.15) is 0 Å². The molecule has 7 heteroatoms. The minimum atomic E-state index is -3.30. The Hall–Kier alpha value is -0.660. The molecule has 1 aliphatic heterocycles. The lowest BCUT2D eigenvalue weighted by atomic mass is 10.2. The molecule has 5 nitrogen and oxygen atoms in total. The predicted molar refractivity (Wildman–Crippen MR) is 70.4 cm³/mol. The largest absolute Gasteiger partial charge is 0.317 e. The van der Waals surface area contributed by atoms with E-state index in [2.05, 4.69) is 31.0 Å². The molecule has 1 aromatic rings. The molecule has 0 saturated carbocycles. The van der Waals surface area contributed by atoms with Gasteiger partial charge in [-0.15, -0.1) is 0 Å². The van der Waals surface area contributed by atoms with E-state index in [9.17, 15) is 8.42 Å². The fraction of sp³-hybridized carbons (Fsp3) is 0.500. The summed E-state index contributed by atoms with van der Waals surface area (Å²) in [5.74, 6) is 0. The SMILES string of the molecule is O=S(=O)(Nc1cncc(Br)c1)C1CCNCC1. The topological polar surface area (TPSA) is 71.1 Å². The van der Waals surface area contributed by atoms with Crippen molar-refractivity contribution in [1.29, 1.82) is 0 Å². The third kappa shape index (κ3) is 3.40. The van der Waals surface area contributed by atoms with E-state index < -0.39 is 10.0 Å². The quantitative estimate of drug-likeness (QED) is 0.882. The normalized spacial score (nSPS) is 17.9. The monoisotopic (exact) mass is 319 g/mol. The van der Waals surface area contributed by atoms with Crippen LogP contribution in [0, 0.1) is 0 Å². The summed E-state index contributed by atoms with van der Waals surface area (Å²) < 4.78 is 27.5. The van der Waals surface area contributed by atoms with Crippen LogP contribution in [0.15, 0.2) is 22.9 Å². The van der Waals surface area contributed by atoms with Gasteiger partial charge in [-0.25, -0.2) is 8.42 Å². The van der Waals surface area contributed by atoms with E-state index in [1.54, 1.807) is 12.3 Å². The molecule has 1 aliphatic rings. The second-order valence-corrected chi connectivity index (χ2v) is 6.86. The predicted octanol–water partition coefficient (Wildman–Crippen LogP) is 1.34. The van der Waals surface area contributed by atoms with Crippen LogP contribution in [0.5, 0.6) is 0 Å². The van der Waals surface area contributed by atoms with Gasteiger partial charge in [0.25, 0.3) is 0 Å². The van der Waals surface area contributed by atoms with Crippen molar-refractivity contribution in [3.05, 3.63) is 22.9 Å². The third-order valence-electron chi connectivity index (χ3n) is 2.69. The molecule has 2 rings (SSSR count). The Bertz CT molecular complexity index is 486. The van der Waals surface area contributed by atoms with Gasteiger partial charge in [0.05, 0.1) is 17.1 Å². The lowest BCUT2D eigenvalue weighted by Gasteiger charge is -2.23. The Kier molecular flexibility index (Phi) is 4.01. The molecule has 17 heavy (non-hydrogen) atoms. The first kappa shape index (κ1) is 12.8. The van der Waals surface area contributed by atoms with E-state index in [4.69, 9.17) is 0 Å². The van der Waals surface area contributed by atoms with E-state index in [-0.39, 0.29) is 5.25 Å². The highest BCUT2D eigenvalue weighted by molar-refractivity contribution is 9.10. The lowest BCUT2D eigenvalue weighted by molar-refractivity contribution is 0.499. The number of anilines is 1. The number of piperidine rings is 1.